The van der Waals surface area contributed by atoms with Crippen molar-refractivity contribution in [3.63, 3.8) is 0 Å². The van der Waals surface area contributed by atoms with Crippen molar-refractivity contribution in [3.8, 4) is 0 Å². The molecule has 4 bridgehead atoms. The third-order valence-corrected chi connectivity index (χ3v) is 11.0. The summed E-state index contributed by atoms with van der Waals surface area (Å²) in [6, 6.07) is 15.5. The molecule has 43 heavy (non-hydrogen) atoms. The molecule has 5 aliphatic rings. The number of carbonyl (C=O) groups is 1. The summed E-state index contributed by atoms with van der Waals surface area (Å²) in [5.41, 5.74) is 3.49. The molecule has 11 heteroatoms. The minimum absolute atomic E-state index is 0.000951. The number of carbonyl (C=O) groups excluding carboxylic acids is 1. The molecule has 1 aromatic heterocycles. The van der Waals surface area contributed by atoms with Gasteiger partial charge < -0.3 is 25.2 Å². The van der Waals surface area contributed by atoms with Crippen LogP contribution >= 0.6 is 11.8 Å². The second-order valence-electron chi connectivity index (χ2n) is 13.1. The maximum absolute atomic E-state index is 13.1. The second-order valence-corrected chi connectivity index (χ2v) is 14.1. The zero-order valence-electron chi connectivity index (χ0n) is 24.7. The average molecular weight is 605 g/mol. The van der Waals surface area contributed by atoms with Gasteiger partial charge in [0.25, 0.3) is 0 Å². The minimum Gasteiger partial charge on any atom is -0.392 e. The number of nitrogens with zero attached hydrogens (tertiary/aromatic N) is 4. The molecule has 0 spiro atoms. The molecule has 4 atom stereocenters. The van der Waals surface area contributed by atoms with E-state index in [9.17, 15) is 9.90 Å². The monoisotopic (exact) mass is 604 g/mol. The predicted molar refractivity (Wildman–Crippen MR) is 162 cm³/mol. The van der Waals surface area contributed by atoms with Crippen molar-refractivity contribution in [2.75, 3.05) is 11.1 Å². The SMILES string of the molecule is CC1C(CSc2nnnn2C)OC(c2ccc(NC(=O)NC34CC5CC(CC(C5)C3)C4)cc2)OC1c1ccc(CO)cc1. The van der Waals surface area contributed by atoms with Gasteiger partial charge in [0, 0.05) is 35.5 Å². The molecule has 0 radical (unpaired) electrons. The first-order valence-electron chi connectivity index (χ1n) is 15.4. The van der Waals surface area contributed by atoms with Gasteiger partial charge in [0.1, 0.15) is 0 Å². The van der Waals surface area contributed by atoms with E-state index in [1.165, 1.54) is 19.3 Å². The number of aromatic nitrogens is 4. The van der Waals surface area contributed by atoms with E-state index in [0.717, 1.165) is 64.6 Å². The molecule has 4 unspecified atom stereocenters. The van der Waals surface area contributed by atoms with Crippen molar-refractivity contribution in [1.82, 2.24) is 25.5 Å². The largest absolute Gasteiger partial charge is 0.392 e. The summed E-state index contributed by atoms with van der Waals surface area (Å²) in [6.07, 6.45) is 6.48. The molecule has 3 N–H and O–H groups in total. The zero-order chi connectivity index (χ0) is 29.6. The van der Waals surface area contributed by atoms with Gasteiger partial charge in [-0.1, -0.05) is 55.1 Å². The van der Waals surface area contributed by atoms with Crippen molar-refractivity contribution in [2.45, 2.75) is 81.2 Å². The van der Waals surface area contributed by atoms with Crippen LogP contribution in [0.1, 0.15) is 74.5 Å². The Bertz CT molecular complexity index is 1400. The molecule has 1 saturated heterocycles. The maximum atomic E-state index is 13.1. The summed E-state index contributed by atoms with van der Waals surface area (Å²) in [4.78, 5) is 13.1. The first-order valence-corrected chi connectivity index (χ1v) is 16.4. The Hall–Kier alpha value is -2.99. The molecular weight excluding hydrogens is 564 g/mol. The number of aliphatic hydroxyl groups is 1. The van der Waals surface area contributed by atoms with E-state index in [0.29, 0.717) is 5.75 Å². The van der Waals surface area contributed by atoms with Crippen molar-refractivity contribution < 1.29 is 19.4 Å². The van der Waals surface area contributed by atoms with Gasteiger partial charge in [0.2, 0.25) is 5.16 Å². The highest BCUT2D eigenvalue weighted by Crippen LogP contribution is 2.55. The third kappa shape index (κ3) is 6.05. The van der Waals surface area contributed by atoms with Gasteiger partial charge in [-0.3, -0.25) is 0 Å². The molecule has 2 amide bonds. The number of aryl methyl sites for hydroxylation is 1. The van der Waals surface area contributed by atoms with Gasteiger partial charge in [0.15, 0.2) is 6.29 Å². The van der Waals surface area contributed by atoms with Crippen LogP contribution in [0.2, 0.25) is 0 Å². The van der Waals surface area contributed by atoms with Crippen LogP contribution in [0.15, 0.2) is 53.7 Å². The number of aliphatic hydroxyl groups excluding tert-OH is 1. The molecular formula is C32H40N6O4S. The highest BCUT2D eigenvalue weighted by atomic mass is 32.2. The molecule has 8 rings (SSSR count). The quantitative estimate of drug-likeness (QED) is 0.293. The summed E-state index contributed by atoms with van der Waals surface area (Å²) in [6.45, 7) is 2.13. The topological polar surface area (TPSA) is 123 Å². The highest BCUT2D eigenvalue weighted by Gasteiger charge is 2.51. The Morgan fingerprint density at radius 1 is 1.00 bits per heavy atom. The Morgan fingerprint density at radius 3 is 2.26 bits per heavy atom. The zero-order valence-corrected chi connectivity index (χ0v) is 25.5. The fourth-order valence-electron chi connectivity index (χ4n) is 8.20. The van der Waals surface area contributed by atoms with Gasteiger partial charge >= 0.3 is 6.03 Å². The average Bonchev–Trinajstić information content (AvgIpc) is 3.40. The molecule has 4 saturated carbocycles. The first kappa shape index (κ1) is 28.8. The number of hydrogen-bond donors (Lipinski definition) is 3. The lowest BCUT2D eigenvalue weighted by molar-refractivity contribution is -0.268. The van der Waals surface area contributed by atoms with Crippen LogP contribution in [-0.2, 0) is 23.1 Å². The molecule has 4 aliphatic carbocycles. The number of ether oxygens (including phenoxy) is 2. The molecule has 2 heterocycles. The van der Waals surface area contributed by atoms with E-state index < -0.39 is 6.29 Å². The summed E-state index contributed by atoms with van der Waals surface area (Å²) in [5, 5.41) is 28.5. The summed E-state index contributed by atoms with van der Waals surface area (Å²) < 4.78 is 14.8. The van der Waals surface area contributed by atoms with Crippen molar-refractivity contribution in [3.05, 3.63) is 65.2 Å². The Kier molecular flexibility index (Phi) is 7.92. The third-order valence-electron chi connectivity index (χ3n) is 9.94. The van der Waals surface area contributed by atoms with E-state index in [2.05, 4.69) is 33.1 Å². The van der Waals surface area contributed by atoms with Gasteiger partial charge in [-0.2, -0.15) is 0 Å². The van der Waals surface area contributed by atoms with E-state index in [-0.39, 0.29) is 36.3 Å². The highest BCUT2D eigenvalue weighted by molar-refractivity contribution is 7.99. The Balaban J connectivity index is 1.04. The van der Waals surface area contributed by atoms with Gasteiger partial charge in [-0.25, -0.2) is 9.48 Å². The summed E-state index contributed by atoms with van der Waals surface area (Å²) in [7, 11) is 1.82. The lowest BCUT2D eigenvalue weighted by atomic mass is 9.53. The first-order chi connectivity index (χ1) is 20.9. The fourth-order valence-corrected chi connectivity index (χ4v) is 9.21. The van der Waals surface area contributed by atoms with Crippen LogP contribution in [0.4, 0.5) is 10.5 Å². The molecule has 10 nitrogen and oxygen atoms in total. The number of rotatable bonds is 8. The van der Waals surface area contributed by atoms with E-state index in [4.69, 9.17) is 9.47 Å². The van der Waals surface area contributed by atoms with Crippen LogP contribution in [-0.4, -0.2) is 48.7 Å². The number of urea groups is 1. The van der Waals surface area contributed by atoms with E-state index in [1.54, 1.807) is 16.4 Å². The van der Waals surface area contributed by atoms with Crippen LogP contribution in [0.5, 0.6) is 0 Å². The van der Waals surface area contributed by atoms with Crippen LogP contribution in [0.25, 0.3) is 0 Å². The maximum Gasteiger partial charge on any atom is 0.319 e. The lowest BCUT2D eigenvalue weighted by Gasteiger charge is -2.56. The van der Waals surface area contributed by atoms with Crippen molar-refractivity contribution >= 4 is 23.5 Å². The van der Waals surface area contributed by atoms with E-state index in [1.807, 2.05) is 55.6 Å². The molecule has 3 aromatic rings. The second kappa shape index (κ2) is 11.8. The minimum atomic E-state index is -0.586. The van der Waals surface area contributed by atoms with Crippen molar-refractivity contribution in [2.24, 2.45) is 30.7 Å². The number of benzene rings is 2. The fraction of sp³-hybridized carbons (Fsp3) is 0.562. The van der Waals surface area contributed by atoms with Gasteiger partial charge in [-0.15, -0.1) is 5.10 Å². The molecule has 2 aromatic carbocycles. The molecule has 228 valence electrons. The summed E-state index contributed by atoms with van der Waals surface area (Å²) in [5.74, 6) is 3.04. The Morgan fingerprint density at radius 2 is 1.65 bits per heavy atom. The Labute approximate surface area is 256 Å². The number of anilines is 1. The van der Waals surface area contributed by atoms with Gasteiger partial charge in [0.05, 0.1) is 18.8 Å². The van der Waals surface area contributed by atoms with Crippen LogP contribution in [0, 0.1) is 23.7 Å². The lowest BCUT2D eigenvalue weighted by Crippen LogP contribution is -2.60. The number of hydrogen-bond acceptors (Lipinski definition) is 8. The molecule has 5 fully saturated rings. The van der Waals surface area contributed by atoms with Crippen molar-refractivity contribution in [1.29, 1.82) is 0 Å². The van der Waals surface area contributed by atoms with E-state index >= 15 is 0 Å². The standard InChI is InChI=1S/C32H40N6O4S/c1-19-27(18-43-31-35-36-37-38(31)2)41-29(42-28(19)24-5-3-20(17-39)4-6-24)25-7-9-26(10-8-25)33-30(40)34-32-14-21-11-22(15-32)13-23(12-21)16-32/h3-10,19,21-23,27-29,39H,11-18H2,1-2H3,(H2,33,34,40). The number of amides is 2. The van der Waals surface area contributed by atoms with Gasteiger partial charge in [-0.05, 0) is 90.0 Å². The normalized spacial score (nSPS) is 33.0. The molecule has 1 aliphatic heterocycles. The summed E-state index contributed by atoms with van der Waals surface area (Å²) >= 11 is 1.56. The predicted octanol–water partition coefficient (Wildman–Crippen LogP) is 5.38. The number of tetrazole rings is 1. The van der Waals surface area contributed by atoms with Crippen LogP contribution in [0.3, 0.4) is 0 Å². The number of nitrogens with one attached hydrogen (secondary N) is 2. The smallest absolute Gasteiger partial charge is 0.319 e. The van der Waals surface area contributed by atoms with Crippen LogP contribution < -0.4 is 10.6 Å². The number of thioether (sulfide) groups is 1.